The molecule has 0 aromatic carbocycles. The second kappa shape index (κ2) is 4.34. The number of ketones is 1. The van der Waals surface area contributed by atoms with Crippen molar-refractivity contribution < 1.29 is 4.79 Å². The fourth-order valence-electron chi connectivity index (χ4n) is 2.48. The summed E-state index contributed by atoms with van der Waals surface area (Å²) in [7, 11) is 0. The molecule has 0 spiro atoms. The van der Waals surface area contributed by atoms with Crippen LogP contribution in [-0.4, -0.2) is 17.3 Å². The number of carbonyl (C=O) groups is 1. The zero-order valence-electron chi connectivity index (χ0n) is 9.70. The minimum absolute atomic E-state index is 0.181. The van der Waals surface area contributed by atoms with Gasteiger partial charge in [0.05, 0.1) is 0 Å². The van der Waals surface area contributed by atoms with Crippen LogP contribution in [0.4, 0.5) is 0 Å². The highest BCUT2D eigenvalue weighted by molar-refractivity contribution is 6.00. The van der Waals surface area contributed by atoms with Crippen molar-refractivity contribution >= 4 is 5.78 Å². The summed E-state index contributed by atoms with van der Waals surface area (Å²) in [6, 6.07) is 3.74. The highest BCUT2D eigenvalue weighted by Gasteiger charge is 2.40. The van der Waals surface area contributed by atoms with Gasteiger partial charge in [0.2, 0.25) is 0 Å². The van der Waals surface area contributed by atoms with Crippen molar-refractivity contribution in [3.05, 3.63) is 29.6 Å². The number of nitrogens with zero attached hydrogens (tertiary/aromatic N) is 1. The summed E-state index contributed by atoms with van der Waals surface area (Å²) < 4.78 is 0. The van der Waals surface area contributed by atoms with E-state index in [1.807, 2.05) is 19.1 Å². The number of nitrogens with two attached hydrogens (primary N) is 1. The average Bonchev–Trinajstić information content (AvgIpc) is 2.79. The van der Waals surface area contributed by atoms with E-state index in [1.165, 1.54) is 0 Å². The first-order chi connectivity index (χ1) is 7.68. The molecular formula is C13H18N2O. The Hall–Kier alpha value is -1.22. The largest absolute Gasteiger partial charge is 0.329 e. The molecule has 1 aliphatic carbocycles. The van der Waals surface area contributed by atoms with Gasteiger partial charge in [-0.1, -0.05) is 12.8 Å². The number of aryl methyl sites for hydroxylation is 1. The lowest BCUT2D eigenvalue weighted by molar-refractivity contribution is 0.0809. The predicted octanol–water partition coefficient (Wildman–Crippen LogP) is 2.09. The fourth-order valence-corrected chi connectivity index (χ4v) is 2.48. The van der Waals surface area contributed by atoms with E-state index in [-0.39, 0.29) is 11.2 Å². The van der Waals surface area contributed by atoms with Crippen LogP contribution in [0, 0.1) is 12.3 Å². The molecule has 0 unspecified atom stereocenters. The first-order valence-corrected chi connectivity index (χ1v) is 5.85. The van der Waals surface area contributed by atoms with Crippen LogP contribution >= 0.6 is 0 Å². The molecule has 0 radical (unpaired) electrons. The van der Waals surface area contributed by atoms with Crippen molar-refractivity contribution in [2.45, 2.75) is 32.6 Å². The lowest BCUT2D eigenvalue weighted by atomic mass is 9.79. The smallest absolute Gasteiger partial charge is 0.171 e. The molecule has 0 atom stereocenters. The number of hydrogen-bond acceptors (Lipinski definition) is 3. The van der Waals surface area contributed by atoms with Gasteiger partial charge in [-0.25, -0.2) is 0 Å². The quantitative estimate of drug-likeness (QED) is 0.790. The summed E-state index contributed by atoms with van der Waals surface area (Å²) in [5, 5.41) is 0. The number of hydrogen-bond donors (Lipinski definition) is 1. The van der Waals surface area contributed by atoms with Gasteiger partial charge in [0.15, 0.2) is 5.78 Å². The zero-order chi connectivity index (χ0) is 11.6. The minimum Gasteiger partial charge on any atom is -0.329 e. The maximum atomic E-state index is 12.4. The number of carbonyl (C=O) groups excluding carboxylic acids is 1. The van der Waals surface area contributed by atoms with Gasteiger partial charge in [0.1, 0.15) is 0 Å². The molecule has 1 heterocycles. The molecule has 1 aromatic rings. The summed E-state index contributed by atoms with van der Waals surface area (Å²) in [5.74, 6) is 0.181. The average molecular weight is 218 g/mol. The standard InChI is InChI=1S/C13H18N2O/c1-10-4-5-11(8-15-10)12(16)13(9-14)6-2-3-7-13/h4-5,8H,2-3,6-7,9,14H2,1H3. The van der Waals surface area contributed by atoms with Crippen molar-refractivity contribution in [3.8, 4) is 0 Å². The Bertz CT molecular complexity index is 377. The van der Waals surface area contributed by atoms with Crippen LogP contribution in [0.15, 0.2) is 18.3 Å². The molecule has 3 nitrogen and oxygen atoms in total. The van der Waals surface area contributed by atoms with Crippen molar-refractivity contribution in [2.24, 2.45) is 11.1 Å². The van der Waals surface area contributed by atoms with E-state index in [0.717, 1.165) is 31.4 Å². The van der Waals surface area contributed by atoms with Crippen molar-refractivity contribution in [2.75, 3.05) is 6.54 Å². The van der Waals surface area contributed by atoms with Crippen molar-refractivity contribution in [3.63, 3.8) is 0 Å². The van der Waals surface area contributed by atoms with Crippen molar-refractivity contribution in [1.29, 1.82) is 0 Å². The maximum Gasteiger partial charge on any atom is 0.171 e. The van der Waals surface area contributed by atoms with E-state index in [4.69, 9.17) is 5.73 Å². The van der Waals surface area contributed by atoms with Gasteiger partial charge in [-0.3, -0.25) is 9.78 Å². The Morgan fingerprint density at radius 2 is 2.12 bits per heavy atom. The van der Waals surface area contributed by atoms with Crippen LogP contribution in [0.2, 0.25) is 0 Å². The monoisotopic (exact) mass is 218 g/mol. The first kappa shape index (κ1) is 11.3. The molecule has 0 saturated heterocycles. The molecule has 2 rings (SSSR count). The highest BCUT2D eigenvalue weighted by atomic mass is 16.1. The van der Waals surface area contributed by atoms with E-state index in [9.17, 15) is 4.79 Å². The highest BCUT2D eigenvalue weighted by Crippen LogP contribution is 2.39. The number of aromatic nitrogens is 1. The lowest BCUT2D eigenvalue weighted by Gasteiger charge is -2.25. The topological polar surface area (TPSA) is 56.0 Å². The summed E-state index contributed by atoms with van der Waals surface area (Å²) in [6.07, 6.45) is 5.75. The van der Waals surface area contributed by atoms with Gasteiger partial charge in [0, 0.05) is 29.4 Å². The Labute approximate surface area is 96.1 Å². The van der Waals surface area contributed by atoms with E-state index in [0.29, 0.717) is 12.1 Å². The normalized spacial score (nSPS) is 18.6. The Morgan fingerprint density at radius 3 is 2.62 bits per heavy atom. The maximum absolute atomic E-state index is 12.4. The summed E-state index contributed by atoms with van der Waals surface area (Å²) in [5.41, 5.74) is 7.13. The van der Waals surface area contributed by atoms with Crippen LogP contribution in [0.5, 0.6) is 0 Å². The van der Waals surface area contributed by atoms with Gasteiger partial charge >= 0.3 is 0 Å². The van der Waals surface area contributed by atoms with Crippen molar-refractivity contribution in [1.82, 2.24) is 4.98 Å². The third-order valence-corrected chi connectivity index (χ3v) is 3.61. The molecule has 1 aliphatic rings. The van der Waals surface area contributed by atoms with Crippen LogP contribution < -0.4 is 5.73 Å². The van der Waals surface area contributed by atoms with E-state index in [1.54, 1.807) is 6.20 Å². The SMILES string of the molecule is Cc1ccc(C(=O)C2(CN)CCCC2)cn1. The third-order valence-electron chi connectivity index (χ3n) is 3.61. The second-order valence-corrected chi connectivity index (χ2v) is 4.71. The molecular weight excluding hydrogens is 200 g/mol. The fraction of sp³-hybridized carbons (Fsp3) is 0.538. The Balaban J connectivity index is 2.26. The second-order valence-electron chi connectivity index (χ2n) is 4.71. The molecule has 3 heteroatoms. The molecule has 0 aliphatic heterocycles. The van der Waals surface area contributed by atoms with Crippen LogP contribution in [0.1, 0.15) is 41.7 Å². The Kier molecular flexibility index (Phi) is 3.06. The molecule has 1 aromatic heterocycles. The lowest BCUT2D eigenvalue weighted by Crippen LogP contribution is -2.36. The third kappa shape index (κ3) is 1.87. The molecule has 1 saturated carbocycles. The van der Waals surface area contributed by atoms with Gasteiger partial charge < -0.3 is 5.73 Å². The molecule has 86 valence electrons. The predicted molar refractivity (Wildman–Crippen MR) is 63.3 cm³/mol. The molecule has 2 N–H and O–H groups in total. The summed E-state index contributed by atoms with van der Waals surface area (Å²) >= 11 is 0. The van der Waals surface area contributed by atoms with E-state index < -0.39 is 0 Å². The molecule has 0 bridgehead atoms. The number of pyridine rings is 1. The van der Waals surface area contributed by atoms with Crippen LogP contribution in [0.25, 0.3) is 0 Å². The Morgan fingerprint density at radius 1 is 1.44 bits per heavy atom. The minimum atomic E-state index is -0.309. The zero-order valence-corrected chi connectivity index (χ0v) is 9.70. The van der Waals surface area contributed by atoms with Gasteiger partial charge in [-0.05, 0) is 31.9 Å². The van der Waals surface area contributed by atoms with Crippen LogP contribution in [0.3, 0.4) is 0 Å². The molecule has 16 heavy (non-hydrogen) atoms. The number of rotatable bonds is 3. The first-order valence-electron chi connectivity index (χ1n) is 5.85. The van der Waals surface area contributed by atoms with Gasteiger partial charge in [-0.2, -0.15) is 0 Å². The molecule has 1 fully saturated rings. The van der Waals surface area contributed by atoms with Gasteiger partial charge in [0.25, 0.3) is 0 Å². The van der Waals surface area contributed by atoms with E-state index >= 15 is 0 Å². The summed E-state index contributed by atoms with van der Waals surface area (Å²) in [6.45, 7) is 2.38. The summed E-state index contributed by atoms with van der Waals surface area (Å²) in [4.78, 5) is 16.6. The van der Waals surface area contributed by atoms with Gasteiger partial charge in [-0.15, -0.1) is 0 Å². The molecule has 0 amide bonds. The van der Waals surface area contributed by atoms with Crippen LogP contribution in [-0.2, 0) is 0 Å². The van der Waals surface area contributed by atoms with E-state index in [2.05, 4.69) is 4.98 Å². The number of Topliss-reactive ketones (excluding diaryl/α,β-unsaturated/α-hetero) is 1.